The highest BCUT2D eigenvalue weighted by Gasteiger charge is 2.38. The summed E-state index contributed by atoms with van der Waals surface area (Å²) >= 11 is 1.95. The van der Waals surface area contributed by atoms with E-state index in [0.29, 0.717) is 0 Å². The summed E-state index contributed by atoms with van der Waals surface area (Å²) in [6.45, 7) is 18.6. The van der Waals surface area contributed by atoms with E-state index in [1.165, 1.54) is 103 Å². The second-order valence-corrected chi connectivity index (χ2v) is 22.1. The first-order valence-electron chi connectivity index (χ1n) is 22.8. The second kappa shape index (κ2) is 12.8. The zero-order valence-electron chi connectivity index (χ0n) is 37.7. The third-order valence-electron chi connectivity index (χ3n) is 14.7. The maximum absolute atomic E-state index is 6.63. The van der Waals surface area contributed by atoms with Gasteiger partial charge in [0, 0.05) is 69.8 Å². The van der Waals surface area contributed by atoms with E-state index in [9.17, 15) is 0 Å². The Morgan fingerprint density at radius 2 is 1.31 bits per heavy atom. The van der Waals surface area contributed by atoms with E-state index in [1.54, 1.807) is 0 Å². The maximum Gasteiger partial charge on any atom is 0.198 e. The number of nitrogens with zero attached hydrogens (tertiary/aromatic N) is 1. The maximum atomic E-state index is 6.63. The predicted molar refractivity (Wildman–Crippen MR) is 277 cm³/mol. The summed E-state index contributed by atoms with van der Waals surface area (Å²) < 4.78 is 11.9. The Morgan fingerprint density at radius 3 is 2.11 bits per heavy atom. The van der Waals surface area contributed by atoms with Crippen LogP contribution in [0.2, 0.25) is 0 Å². The van der Waals surface area contributed by atoms with Gasteiger partial charge in [-0.25, -0.2) is 0 Å². The minimum atomic E-state index is -0.159. The Kier molecular flexibility index (Phi) is 7.59. The summed E-state index contributed by atoms with van der Waals surface area (Å²) in [6, 6.07) is 52.8. The third-order valence-corrected chi connectivity index (χ3v) is 15.9. The molecular weight excluding hydrogens is 796 g/mol. The molecule has 0 unspecified atom stereocenters. The first kappa shape index (κ1) is 38.0. The largest absolute Gasteiger partial charge is 0.456 e. The van der Waals surface area contributed by atoms with E-state index >= 15 is 0 Å². The number of rotatable bonds is 3. The van der Waals surface area contributed by atoms with Crippen molar-refractivity contribution in [1.82, 2.24) is 4.57 Å². The van der Waals surface area contributed by atoms with E-state index in [2.05, 4.69) is 205 Å². The summed E-state index contributed by atoms with van der Waals surface area (Å²) in [6.07, 6.45) is 0. The quantitative estimate of drug-likeness (QED) is 0.180. The van der Waals surface area contributed by atoms with Crippen molar-refractivity contribution in [2.24, 2.45) is 0 Å². The summed E-state index contributed by atoms with van der Waals surface area (Å²) in [5, 5.41) is 11.7. The lowest BCUT2D eigenvalue weighted by Crippen LogP contribution is -2.37. The average molecular weight is 845 g/mol. The highest BCUT2D eigenvalue weighted by molar-refractivity contribution is 7.27. The molecule has 310 valence electrons. The Morgan fingerprint density at radius 1 is 0.594 bits per heavy atom. The zero-order chi connectivity index (χ0) is 43.6. The van der Waals surface area contributed by atoms with Gasteiger partial charge < -0.3 is 14.3 Å². The molecule has 0 atom stereocenters. The molecule has 5 heteroatoms. The topological polar surface area (TPSA) is 30.1 Å². The molecule has 13 rings (SSSR count). The molecule has 0 bridgehead atoms. The van der Waals surface area contributed by atoms with Gasteiger partial charge >= 0.3 is 0 Å². The van der Waals surface area contributed by atoms with Crippen LogP contribution in [0.3, 0.4) is 0 Å². The number of aromatic nitrogens is 1. The molecule has 4 heterocycles. The molecule has 8 aromatic carbocycles. The highest BCUT2D eigenvalue weighted by atomic mass is 32.1. The fourth-order valence-electron chi connectivity index (χ4n) is 11.3. The average Bonchev–Trinajstić information content (AvgIpc) is 4.00. The minimum Gasteiger partial charge on any atom is -0.456 e. The normalized spacial score (nSPS) is 14.2. The summed E-state index contributed by atoms with van der Waals surface area (Å²) in [7, 11) is 0.773. The number of furan rings is 1. The van der Waals surface area contributed by atoms with Gasteiger partial charge in [-0.15, -0.1) is 11.3 Å². The van der Waals surface area contributed by atoms with Gasteiger partial charge in [-0.05, 0) is 116 Å². The molecule has 0 spiro atoms. The molecule has 0 saturated carbocycles. The fourth-order valence-corrected chi connectivity index (χ4v) is 12.6. The first-order chi connectivity index (χ1) is 30.7. The van der Waals surface area contributed by atoms with Gasteiger partial charge in [-0.1, -0.05) is 140 Å². The zero-order valence-corrected chi connectivity index (χ0v) is 38.6. The standard InChI is InChI=1S/C59H49BN2OS/c1-57(2,3)32-21-24-34(25-22-32)61-45-30-43-38(35-15-9-12-18-42(35)59(43,7)8)28-40(45)51-52-37-17-11-14-20-50(37)64-56(52)53-41-27-33(58(4,5)6)23-26-46(41)62-47-29-39-36-16-10-13-19-48(36)63-49(39)31-44(47)60-54(51)55(53)62/h9-31,60-61H,1-8H3. The molecule has 2 aliphatic rings. The molecule has 0 fully saturated rings. The molecule has 0 amide bonds. The molecule has 1 aliphatic carbocycles. The number of nitrogens with one attached hydrogen (secondary N) is 1. The van der Waals surface area contributed by atoms with Crippen LogP contribution >= 0.6 is 11.3 Å². The van der Waals surface area contributed by atoms with Crippen LogP contribution in [0.25, 0.3) is 91.9 Å². The van der Waals surface area contributed by atoms with Gasteiger partial charge in [-0.2, -0.15) is 0 Å². The lowest BCUT2D eigenvalue weighted by Gasteiger charge is -2.27. The van der Waals surface area contributed by atoms with Gasteiger partial charge in [0.05, 0.1) is 11.0 Å². The Bertz CT molecular complexity index is 3830. The smallest absolute Gasteiger partial charge is 0.198 e. The monoisotopic (exact) mass is 844 g/mol. The molecule has 1 aliphatic heterocycles. The van der Waals surface area contributed by atoms with Gasteiger partial charge in [0.2, 0.25) is 0 Å². The number of hydrogen-bond acceptors (Lipinski definition) is 3. The van der Waals surface area contributed by atoms with Crippen molar-refractivity contribution in [3.05, 3.63) is 162 Å². The Balaban J connectivity index is 1.20. The summed E-state index contributed by atoms with van der Waals surface area (Å²) in [5.41, 5.74) is 21.0. The van der Waals surface area contributed by atoms with Crippen molar-refractivity contribution in [2.45, 2.75) is 71.6 Å². The fraction of sp³-hybridized carbons (Fsp3) is 0.186. The van der Waals surface area contributed by atoms with Crippen molar-refractivity contribution in [3.63, 3.8) is 0 Å². The van der Waals surface area contributed by atoms with Crippen LogP contribution in [0.4, 0.5) is 11.4 Å². The molecule has 0 saturated heterocycles. The van der Waals surface area contributed by atoms with Crippen LogP contribution in [0, 0.1) is 0 Å². The van der Waals surface area contributed by atoms with Crippen LogP contribution < -0.4 is 16.2 Å². The molecular formula is C59H49BN2OS. The van der Waals surface area contributed by atoms with Gasteiger partial charge in [0.15, 0.2) is 7.28 Å². The van der Waals surface area contributed by atoms with E-state index in [4.69, 9.17) is 4.42 Å². The SMILES string of the molecule is CC(C)(C)c1ccc(Nc2cc3c(cc2-c2c4c5c(c6cc(C(C)(C)C)ccc6n5-c5cc6c(cc5B4)oc4ccccc46)c4sc5ccccc5c24)-c2ccccc2C3(C)C)cc1. The van der Waals surface area contributed by atoms with E-state index < -0.39 is 0 Å². The number of thiophene rings is 1. The molecule has 3 aromatic heterocycles. The van der Waals surface area contributed by atoms with Crippen LogP contribution in [0.15, 0.2) is 144 Å². The lowest BCUT2D eigenvalue weighted by atomic mass is 9.58. The van der Waals surface area contributed by atoms with Crippen LogP contribution in [0.5, 0.6) is 0 Å². The van der Waals surface area contributed by atoms with Crippen LogP contribution in [-0.4, -0.2) is 11.8 Å². The van der Waals surface area contributed by atoms with Gasteiger partial charge in [-0.3, -0.25) is 0 Å². The minimum absolute atomic E-state index is 0.00917. The molecule has 3 nitrogen and oxygen atoms in total. The van der Waals surface area contributed by atoms with Crippen molar-refractivity contribution >= 4 is 105 Å². The Labute approximate surface area is 378 Å². The number of para-hydroxylation sites is 1. The van der Waals surface area contributed by atoms with E-state index in [-0.39, 0.29) is 16.2 Å². The number of fused-ring (bicyclic) bond motifs is 15. The number of anilines is 2. The number of benzene rings is 8. The lowest BCUT2D eigenvalue weighted by molar-refractivity contribution is 0.590. The summed E-state index contributed by atoms with van der Waals surface area (Å²) in [4.78, 5) is 0. The third kappa shape index (κ3) is 5.22. The molecule has 1 N–H and O–H groups in total. The molecule has 11 aromatic rings. The van der Waals surface area contributed by atoms with Gasteiger partial charge in [0.1, 0.15) is 11.2 Å². The van der Waals surface area contributed by atoms with Crippen molar-refractivity contribution in [3.8, 4) is 27.9 Å². The van der Waals surface area contributed by atoms with Crippen LogP contribution in [-0.2, 0) is 16.2 Å². The first-order valence-corrected chi connectivity index (χ1v) is 23.6. The van der Waals surface area contributed by atoms with Crippen molar-refractivity contribution in [2.75, 3.05) is 5.32 Å². The predicted octanol–water partition coefficient (Wildman–Crippen LogP) is 15.1. The highest BCUT2D eigenvalue weighted by Crippen LogP contribution is 2.54. The Hall–Kier alpha value is -6.56. The van der Waals surface area contributed by atoms with Crippen molar-refractivity contribution in [1.29, 1.82) is 0 Å². The molecule has 64 heavy (non-hydrogen) atoms. The number of hydrogen-bond donors (Lipinski definition) is 1. The van der Waals surface area contributed by atoms with E-state index in [0.717, 1.165) is 40.6 Å². The second-order valence-electron chi connectivity index (χ2n) is 21.0. The van der Waals surface area contributed by atoms with Crippen molar-refractivity contribution < 1.29 is 4.42 Å². The van der Waals surface area contributed by atoms with Crippen LogP contribution in [0.1, 0.15) is 77.6 Å². The van der Waals surface area contributed by atoms with E-state index in [1.807, 2.05) is 11.3 Å². The van der Waals surface area contributed by atoms with Gasteiger partial charge in [0.25, 0.3) is 0 Å². The molecule has 0 radical (unpaired) electrons. The summed E-state index contributed by atoms with van der Waals surface area (Å²) in [5.74, 6) is 0.